The molecule has 0 bridgehead atoms. The number of hydrogen-bond donors (Lipinski definition) is 3. The number of imide groups is 2. The number of benzene rings is 1. The normalized spacial score (nSPS) is 18.3. The average Bonchev–Trinajstić information content (AvgIpc) is 2.96. The lowest BCUT2D eigenvalue weighted by molar-refractivity contribution is -0.136. The van der Waals surface area contributed by atoms with Gasteiger partial charge >= 0.3 is 6.09 Å². The van der Waals surface area contributed by atoms with Gasteiger partial charge < -0.3 is 15.3 Å². The van der Waals surface area contributed by atoms with Crippen molar-refractivity contribution in [3.05, 3.63) is 29.3 Å². The highest BCUT2D eigenvalue weighted by molar-refractivity contribution is 6.25. The molecule has 10 heteroatoms. The third kappa shape index (κ3) is 4.27. The van der Waals surface area contributed by atoms with Gasteiger partial charge in [0.15, 0.2) is 0 Å². The van der Waals surface area contributed by atoms with Gasteiger partial charge in [0.2, 0.25) is 11.8 Å². The zero-order valence-electron chi connectivity index (χ0n) is 16.6. The first kappa shape index (κ1) is 21.3. The predicted octanol–water partition coefficient (Wildman–Crippen LogP) is 1.28. The minimum atomic E-state index is -0.992. The van der Waals surface area contributed by atoms with Crippen molar-refractivity contribution >= 4 is 35.4 Å². The van der Waals surface area contributed by atoms with Gasteiger partial charge in [0.05, 0.1) is 11.1 Å². The molecule has 3 N–H and O–H groups in total. The van der Waals surface area contributed by atoms with E-state index in [4.69, 9.17) is 5.11 Å². The van der Waals surface area contributed by atoms with Gasteiger partial charge in [-0.25, -0.2) is 4.79 Å². The van der Waals surface area contributed by atoms with Gasteiger partial charge in [0.25, 0.3) is 11.8 Å². The van der Waals surface area contributed by atoms with Crippen molar-refractivity contribution in [2.24, 2.45) is 0 Å². The number of carbonyl (C=O) groups excluding carboxylic acids is 4. The maximum absolute atomic E-state index is 13.0. The zero-order valence-corrected chi connectivity index (χ0v) is 16.6. The molecular weight excluding hydrogens is 392 g/mol. The lowest BCUT2D eigenvalue weighted by atomic mass is 10.0. The number of anilines is 1. The van der Waals surface area contributed by atoms with Crippen LogP contribution in [0.4, 0.5) is 10.5 Å². The van der Waals surface area contributed by atoms with E-state index >= 15 is 0 Å². The van der Waals surface area contributed by atoms with Crippen LogP contribution in [0, 0.1) is 0 Å². The van der Waals surface area contributed by atoms with Gasteiger partial charge in [-0.05, 0) is 37.8 Å². The van der Waals surface area contributed by atoms with Gasteiger partial charge in [0.1, 0.15) is 6.04 Å². The van der Waals surface area contributed by atoms with Crippen LogP contribution < -0.4 is 10.6 Å². The summed E-state index contributed by atoms with van der Waals surface area (Å²) in [6.45, 7) is 0.997. The molecule has 1 aromatic rings. The fourth-order valence-electron chi connectivity index (χ4n) is 3.63. The Bertz CT molecular complexity index is 899. The number of nitrogens with one attached hydrogen (secondary N) is 2. The molecule has 2 heterocycles. The molecule has 0 saturated carbocycles. The number of amides is 5. The van der Waals surface area contributed by atoms with E-state index in [9.17, 15) is 24.0 Å². The topological polar surface area (TPSA) is 136 Å². The molecule has 10 nitrogen and oxygen atoms in total. The number of rotatable bonds is 8. The van der Waals surface area contributed by atoms with Crippen LogP contribution in [-0.4, -0.2) is 70.8 Å². The maximum Gasteiger partial charge on any atom is 0.407 e. The van der Waals surface area contributed by atoms with E-state index in [0.29, 0.717) is 18.8 Å². The van der Waals surface area contributed by atoms with Crippen molar-refractivity contribution in [3.8, 4) is 0 Å². The summed E-state index contributed by atoms with van der Waals surface area (Å²) in [6, 6.07) is 3.93. The van der Waals surface area contributed by atoms with Crippen LogP contribution in [0.2, 0.25) is 0 Å². The standard InChI is InChI=1S/C20H24N4O6/c1-23(20(29)30)11-4-2-3-10-21-13-7-5-6-12-16(13)19(28)24(18(12)27)14-8-9-15(25)22-17(14)26/h5-7,14,21H,2-4,8-11H2,1H3,(H,29,30)(H,22,25,26). The molecule has 3 rings (SSSR count). The highest BCUT2D eigenvalue weighted by Crippen LogP contribution is 2.32. The molecule has 0 aliphatic carbocycles. The van der Waals surface area contributed by atoms with Crippen LogP contribution in [0.5, 0.6) is 0 Å². The van der Waals surface area contributed by atoms with E-state index < -0.39 is 35.8 Å². The number of carboxylic acid groups (broad SMARTS) is 1. The van der Waals surface area contributed by atoms with Crippen LogP contribution in [0.25, 0.3) is 0 Å². The summed E-state index contributed by atoms with van der Waals surface area (Å²) in [6.07, 6.45) is 1.51. The van der Waals surface area contributed by atoms with Gasteiger partial charge in [-0.2, -0.15) is 0 Å². The minimum absolute atomic E-state index is 0.0754. The molecule has 1 fully saturated rings. The Morgan fingerprint density at radius 3 is 2.67 bits per heavy atom. The highest BCUT2D eigenvalue weighted by atomic mass is 16.4. The van der Waals surface area contributed by atoms with E-state index in [1.54, 1.807) is 18.2 Å². The first-order valence-electron chi connectivity index (χ1n) is 9.83. The number of carbonyl (C=O) groups is 5. The molecule has 1 unspecified atom stereocenters. The van der Waals surface area contributed by atoms with Crippen molar-refractivity contribution < 1.29 is 29.1 Å². The molecule has 1 saturated heterocycles. The van der Waals surface area contributed by atoms with Crippen LogP contribution in [0.3, 0.4) is 0 Å². The molecule has 1 atom stereocenters. The first-order chi connectivity index (χ1) is 14.3. The minimum Gasteiger partial charge on any atom is -0.465 e. The second-order valence-corrected chi connectivity index (χ2v) is 7.37. The van der Waals surface area contributed by atoms with Gasteiger partial charge in [-0.3, -0.25) is 29.4 Å². The fourth-order valence-corrected chi connectivity index (χ4v) is 3.63. The Kier molecular flexibility index (Phi) is 6.34. The summed E-state index contributed by atoms with van der Waals surface area (Å²) in [4.78, 5) is 62.2. The molecule has 0 radical (unpaired) electrons. The Hall–Kier alpha value is -3.43. The SMILES string of the molecule is CN(CCCCCNc1cccc2c1C(=O)N(C1CCC(=O)NC1=O)C2=O)C(=O)O. The molecule has 30 heavy (non-hydrogen) atoms. The van der Waals surface area contributed by atoms with Gasteiger partial charge in [-0.15, -0.1) is 0 Å². The van der Waals surface area contributed by atoms with E-state index in [1.807, 2.05) is 0 Å². The van der Waals surface area contributed by atoms with Crippen LogP contribution in [-0.2, 0) is 9.59 Å². The third-order valence-electron chi connectivity index (χ3n) is 5.28. The second-order valence-electron chi connectivity index (χ2n) is 7.37. The molecule has 0 aromatic heterocycles. The molecule has 0 spiro atoms. The number of piperidine rings is 1. The van der Waals surface area contributed by atoms with E-state index in [2.05, 4.69) is 10.6 Å². The fraction of sp³-hybridized carbons (Fsp3) is 0.450. The van der Waals surface area contributed by atoms with Crippen molar-refractivity contribution in [2.45, 2.75) is 38.1 Å². The third-order valence-corrected chi connectivity index (χ3v) is 5.28. The molecule has 2 aliphatic rings. The van der Waals surface area contributed by atoms with Crippen molar-refractivity contribution in [1.82, 2.24) is 15.1 Å². The molecule has 160 valence electrons. The summed E-state index contributed by atoms with van der Waals surface area (Å²) in [5.74, 6) is -2.13. The van der Waals surface area contributed by atoms with Crippen LogP contribution in [0.1, 0.15) is 52.8 Å². The number of fused-ring (bicyclic) bond motifs is 1. The van der Waals surface area contributed by atoms with E-state index in [0.717, 1.165) is 24.2 Å². The molecule has 5 amide bonds. The molecule has 2 aliphatic heterocycles. The highest BCUT2D eigenvalue weighted by Gasteiger charge is 2.45. The number of hydrogen-bond acceptors (Lipinski definition) is 6. The molecule has 1 aromatic carbocycles. The average molecular weight is 416 g/mol. The van der Waals surface area contributed by atoms with Crippen LogP contribution in [0.15, 0.2) is 18.2 Å². The monoisotopic (exact) mass is 416 g/mol. The van der Waals surface area contributed by atoms with Gasteiger partial charge in [-0.1, -0.05) is 6.07 Å². The summed E-state index contributed by atoms with van der Waals surface area (Å²) in [7, 11) is 1.52. The summed E-state index contributed by atoms with van der Waals surface area (Å²) >= 11 is 0. The first-order valence-corrected chi connectivity index (χ1v) is 9.83. The van der Waals surface area contributed by atoms with Crippen molar-refractivity contribution in [3.63, 3.8) is 0 Å². The molecular formula is C20H24N4O6. The number of nitrogens with zero attached hydrogens (tertiary/aromatic N) is 2. The largest absolute Gasteiger partial charge is 0.465 e. The Morgan fingerprint density at radius 2 is 1.97 bits per heavy atom. The Balaban J connectivity index is 1.62. The smallest absolute Gasteiger partial charge is 0.407 e. The summed E-state index contributed by atoms with van der Waals surface area (Å²) in [5.41, 5.74) is 0.985. The zero-order chi connectivity index (χ0) is 21.8. The van der Waals surface area contributed by atoms with E-state index in [-0.39, 0.29) is 24.0 Å². The lowest BCUT2D eigenvalue weighted by Crippen LogP contribution is -2.54. The quantitative estimate of drug-likeness (QED) is 0.429. The Labute approximate surface area is 173 Å². The predicted molar refractivity (Wildman–Crippen MR) is 106 cm³/mol. The Morgan fingerprint density at radius 1 is 1.20 bits per heavy atom. The lowest BCUT2D eigenvalue weighted by Gasteiger charge is -2.27. The van der Waals surface area contributed by atoms with Gasteiger partial charge in [0, 0.05) is 32.2 Å². The van der Waals surface area contributed by atoms with E-state index in [1.165, 1.54) is 11.9 Å². The number of unbranched alkanes of at least 4 members (excludes halogenated alkanes) is 2. The maximum atomic E-state index is 13.0. The summed E-state index contributed by atoms with van der Waals surface area (Å²) in [5, 5.41) is 14.2. The van der Waals surface area contributed by atoms with Crippen LogP contribution >= 0.6 is 0 Å². The van der Waals surface area contributed by atoms with Crippen molar-refractivity contribution in [1.29, 1.82) is 0 Å². The summed E-state index contributed by atoms with van der Waals surface area (Å²) < 4.78 is 0. The second kappa shape index (κ2) is 8.93. The van der Waals surface area contributed by atoms with Crippen molar-refractivity contribution in [2.75, 3.05) is 25.5 Å².